The number of carbonyl (C=O) groups excluding carboxylic acids is 1. The van der Waals surface area contributed by atoms with Crippen LogP contribution in [0.1, 0.15) is 62.6 Å². The molecule has 2 unspecified atom stereocenters. The van der Waals surface area contributed by atoms with E-state index in [0.29, 0.717) is 0 Å². The van der Waals surface area contributed by atoms with E-state index in [-0.39, 0.29) is 18.1 Å². The van der Waals surface area contributed by atoms with E-state index < -0.39 is 0 Å². The maximum Gasteiger partial charge on any atom is 0.217 e. The number of rotatable bonds is 6. The lowest BCUT2D eigenvalue weighted by atomic mass is 9.80. The van der Waals surface area contributed by atoms with E-state index >= 15 is 0 Å². The van der Waals surface area contributed by atoms with Crippen LogP contribution in [0.5, 0.6) is 5.75 Å². The predicted octanol–water partition coefficient (Wildman–Crippen LogP) is 4.81. The second kappa shape index (κ2) is 8.26. The van der Waals surface area contributed by atoms with Crippen molar-refractivity contribution in [1.29, 1.82) is 0 Å². The van der Waals surface area contributed by atoms with Gasteiger partial charge in [0.1, 0.15) is 11.9 Å². The molecule has 1 saturated carbocycles. The van der Waals surface area contributed by atoms with Crippen molar-refractivity contribution >= 4 is 11.6 Å². The molecule has 28 heavy (non-hydrogen) atoms. The number of amides is 1. The van der Waals surface area contributed by atoms with Crippen molar-refractivity contribution in [2.75, 3.05) is 18.0 Å². The van der Waals surface area contributed by atoms with Gasteiger partial charge in [-0.15, -0.1) is 0 Å². The molecular formula is C24H30N2O2. The van der Waals surface area contributed by atoms with Gasteiger partial charge in [-0.1, -0.05) is 30.7 Å². The Morgan fingerprint density at radius 1 is 1.07 bits per heavy atom. The van der Waals surface area contributed by atoms with Crippen LogP contribution in [-0.2, 0) is 4.79 Å². The van der Waals surface area contributed by atoms with Crippen LogP contribution < -0.4 is 15.0 Å². The van der Waals surface area contributed by atoms with E-state index in [4.69, 9.17) is 4.74 Å². The first-order chi connectivity index (χ1) is 13.6. The van der Waals surface area contributed by atoms with Crippen LogP contribution in [0.3, 0.4) is 0 Å². The lowest BCUT2D eigenvalue weighted by molar-refractivity contribution is -0.119. The van der Waals surface area contributed by atoms with Gasteiger partial charge in [0.15, 0.2) is 0 Å². The molecule has 2 aromatic rings. The fourth-order valence-electron chi connectivity index (χ4n) is 4.17. The van der Waals surface area contributed by atoms with Crippen molar-refractivity contribution in [2.45, 2.75) is 57.6 Å². The van der Waals surface area contributed by atoms with Crippen molar-refractivity contribution in [3.05, 3.63) is 59.7 Å². The summed E-state index contributed by atoms with van der Waals surface area (Å²) in [6.45, 7) is 5.49. The number of nitrogens with zero attached hydrogens (tertiary/aromatic N) is 1. The smallest absolute Gasteiger partial charge is 0.217 e. The molecule has 2 aromatic carbocycles. The van der Waals surface area contributed by atoms with Crippen LogP contribution in [0.2, 0.25) is 0 Å². The van der Waals surface area contributed by atoms with Gasteiger partial charge in [-0.2, -0.15) is 0 Å². The molecule has 0 aromatic heterocycles. The van der Waals surface area contributed by atoms with E-state index in [9.17, 15) is 4.79 Å². The highest BCUT2D eigenvalue weighted by Crippen LogP contribution is 2.37. The zero-order valence-corrected chi connectivity index (χ0v) is 16.9. The van der Waals surface area contributed by atoms with E-state index in [1.807, 2.05) is 31.2 Å². The summed E-state index contributed by atoms with van der Waals surface area (Å²) in [7, 11) is 0. The standard InChI is InChI=1S/C24H30N2O2/c1-17(25-18(2)27)19-8-12-23(13-9-19)28-24-14-15-26(16-24)22-10-6-21(7-11-22)20-4-3-5-20/h6-13,17,20,24H,3-5,14-16H2,1-2H3,(H,25,27). The number of anilines is 1. The Morgan fingerprint density at radius 2 is 1.79 bits per heavy atom. The monoisotopic (exact) mass is 378 g/mol. The van der Waals surface area contributed by atoms with Gasteiger partial charge < -0.3 is 15.0 Å². The first kappa shape index (κ1) is 18.9. The van der Waals surface area contributed by atoms with Gasteiger partial charge in [0.2, 0.25) is 5.91 Å². The highest BCUT2D eigenvalue weighted by Gasteiger charge is 2.25. The maximum absolute atomic E-state index is 11.2. The Kier molecular flexibility index (Phi) is 5.56. The summed E-state index contributed by atoms with van der Waals surface area (Å²) in [5, 5.41) is 2.91. The molecule has 0 bridgehead atoms. The fraction of sp³-hybridized carbons (Fsp3) is 0.458. The van der Waals surface area contributed by atoms with Crippen molar-refractivity contribution in [1.82, 2.24) is 5.32 Å². The summed E-state index contributed by atoms with van der Waals surface area (Å²) in [6, 6.07) is 17.2. The molecule has 2 atom stereocenters. The third kappa shape index (κ3) is 4.32. The van der Waals surface area contributed by atoms with Crippen molar-refractivity contribution in [3.63, 3.8) is 0 Å². The summed E-state index contributed by atoms with van der Waals surface area (Å²) < 4.78 is 6.20. The van der Waals surface area contributed by atoms with Crippen molar-refractivity contribution < 1.29 is 9.53 Å². The number of hydrogen-bond donors (Lipinski definition) is 1. The number of benzene rings is 2. The van der Waals surface area contributed by atoms with E-state index in [0.717, 1.165) is 36.7 Å². The Morgan fingerprint density at radius 3 is 2.39 bits per heavy atom. The lowest BCUT2D eigenvalue weighted by Crippen LogP contribution is -2.25. The van der Waals surface area contributed by atoms with Gasteiger partial charge in [0, 0.05) is 25.6 Å². The number of carbonyl (C=O) groups is 1. The molecule has 0 radical (unpaired) electrons. The quantitative estimate of drug-likeness (QED) is 0.784. The Bertz CT molecular complexity index is 796. The minimum absolute atomic E-state index is 0.0106. The molecule has 4 nitrogen and oxygen atoms in total. The number of nitrogens with one attached hydrogen (secondary N) is 1. The molecule has 4 heteroatoms. The van der Waals surface area contributed by atoms with Crippen molar-refractivity contribution in [3.8, 4) is 5.75 Å². The highest BCUT2D eigenvalue weighted by molar-refractivity contribution is 5.73. The van der Waals surface area contributed by atoms with Crippen LogP contribution in [0.25, 0.3) is 0 Å². The highest BCUT2D eigenvalue weighted by atomic mass is 16.5. The van der Waals surface area contributed by atoms with Gasteiger partial charge in [0.05, 0.1) is 12.6 Å². The molecule has 1 amide bonds. The molecule has 2 fully saturated rings. The number of hydrogen-bond acceptors (Lipinski definition) is 3. The molecule has 4 rings (SSSR count). The normalized spacial score (nSPS) is 20.5. The topological polar surface area (TPSA) is 41.6 Å². The first-order valence-corrected chi connectivity index (χ1v) is 10.5. The molecule has 1 N–H and O–H groups in total. The largest absolute Gasteiger partial charge is 0.489 e. The van der Waals surface area contributed by atoms with E-state index in [1.54, 1.807) is 6.92 Å². The lowest BCUT2D eigenvalue weighted by Gasteiger charge is -2.26. The Balaban J connectivity index is 1.31. The average Bonchev–Trinajstić information content (AvgIpc) is 3.09. The summed E-state index contributed by atoms with van der Waals surface area (Å²) in [6.07, 6.45) is 5.33. The molecule has 1 heterocycles. The fourth-order valence-corrected chi connectivity index (χ4v) is 4.17. The second-order valence-corrected chi connectivity index (χ2v) is 8.19. The second-order valence-electron chi connectivity index (χ2n) is 8.19. The van der Waals surface area contributed by atoms with E-state index in [1.165, 1.54) is 30.5 Å². The van der Waals surface area contributed by atoms with Crippen LogP contribution in [0.15, 0.2) is 48.5 Å². The minimum atomic E-state index is -0.0143. The molecule has 1 aliphatic heterocycles. The van der Waals surface area contributed by atoms with Crippen LogP contribution in [-0.4, -0.2) is 25.1 Å². The summed E-state index contributed by atoms with van der Waals surface area (Å²) in [5.74, 6) is 1.67. The Hall–Kier alpha value is -2.49. The molecule has 0 spiro atoms. The molecule has 1 aliphatic carbocycles. The maximum atomic E-state index is 11.2. The molecule has 2 aliphatic rings. The van der Waals surface area contributed by atoms with Crippen LogP contribution in [0.4, 0.5) is 5.69 Å². The molecule has 148 valence electrons. The SMILES string of the molecule is CC(=O)NC(C)c1ccc(OC2CCN(c3ccc(C4CCC4)cc3)C2)cc1. The Labute approximate surface area is 167 Å². The third-order valence-electron chi connectivity index (χ3n) is 6.08. The predicted molar refractivity (Wildman–Crippen MR) is 113 cm³/mol. The van der Waals surface area contributed by atoms with Crippen LogP contribution in [0, 0.1) is 0 Å². The summed E-state index contributed by atoms with van der Waals surface area (Å²) in [5.41, 5.74) is 3.88. The number of ether oxygens (including phenoxy) is 1. The zero-order chi connectivity index (χ0) is 19.5. The minimum Gasteiger partial charge on any atom is -0.489 e. The summed E-state index contributed by atoms with van der Waals surface area (Å²) in [4.78, 5) is 13.6. The van der Waals surface area contributed by atoms with Gasteiger partial charge in [-0.25, -0.2) is 0 Å². The average molecular weight is 379 g/mol. The summed E-state index contributed by atoms with van der Waals surface area (Å²) >= 11 is 0. The van der Waals surface area contributed by atoms with Gasteiger partial charge in [0.25, 0.3) is 0 Å². The first-order valence-electron chi connectivity index (χ1n) is 10.5. The molecular weight excluding hydrogens is 348 g/mol. The van der Waals surface area contributed by atoms with Gasteiger partial charge in [-0.05, 0) is 61.1 Å². The van der Waals surface area contributed by atoms with E-state index in [2.05, 4.69) is 34.5 Å². The third-order valence-corrected chi connectivity index (χ3v) is 6.08. The van der Waals surface area contributed by atoms with Crippen LogP contribution >= 0.6 is 0 Å². The van der Waals surface area contributed by atoms with Gasteiger partial charge >= 0.3 is 0 Å². The molecule has 1 saturated heterocycles. The van der Waals surface area contributed by atoms with Crippen molar-refractivity contribution in [2.24, 2.45) is 0 Å². The zero-order valence-electron chi connectivity index (χ0n) is 16.9. The van der Waals surface area contributed by atoms with Gasteiger partial charge in [-0.3, -0.25) is 4.79 Å².